The van der Waals surface area contributed by atoms with Crippen LogP contribution in [-0.2, 0) is 4.74 Å². The minimum absolute atomic E-state index is 0.554. The third kappa shape index (κ3) is 4.08. The predicted molar refractivity (Wildman–Crippen MR) is 70.1 cm³/mol. The summed E-state index contributed by atoms with van der Waals surface area (Å²) in [5.74, 6) is 0.554. The van der Waals surface area contributed by atoms with Gasteiger partial charge in [0, 0.05) is 20.2 Å². The molecule has 0 unspecified atom stereocenters. The molecule has 1 aromatic carbocycles. The zero-order valence-corrected chi connectivity index (χ0v) is 10.8. The van der Waals surface area contributed by atoms with E-state index in [1.165, 1.54) is 0 Å². The van der Waals surface area contributed by atoms with Crippen LogP contribution in [0.25, 0.3) is 0 Å². The fourth-order valence-corrected chi connectivity index (χ4v) is 1.80. The van der Waals surface area contributed by atoms with Crippen LogP contribution in [0.3, 0.4) is 0 Å². The summed E-state index contributed by atoms with van der Waals surface area (Å²) < 4.78 is 5.12. The first kappa shape index (κ1) is 13.5. The number of ether oxygens (including phenoxy) is 1. The number of hydrogen-bond donors (Lipinski definition) is 0. The second kappa shape index (κ2) is 6.93. The highest BCUT2D eigenvalue weighted by atomic mass is 16.5. The topological polar surface area (TPSA) is 36.3 Å². The summed E-state index contributed by atoms with van der Waals surface area (Å²) in [6.45, 7) is 6.77. The molecule has 0 aliphatic carbocycles. The van der Waals surface area contributed by atoms with Crippen LogP contribution in [0.5, 0.6) is 0 Å². The normalized spacial score (nSPS) is 10.3. The number of methoxy groups -OCH3 is 1. The van der Waals surface area contributed by atoms with Gasteiger partial charge >= 0.3 is 0 Å². The number of rotatable bonds is 6. The van der Waals surface area contributed by atoms with Gasteiger partial charge in [0.2, 0.25) is 0 Å². The van der Waals surface area contributed by atoms with Crippen LogP contribution in [0.1, 0.15) is 19.4 Å². The summed E-state index contributed by atoms with van der Waals surface area (Å²) in [6, 6.07) is 9.96. The molecule has 0 spiro atoms. The molecule has 0 N–H and O–H groups in total. The van der Waals surface area contributed by atoms with Crippen molar-refractivity contribution >= 4 is 5.69 Å². The number of hydrogen-bond acceptors (Lipinski definition) is 3. The Hall–Kier alpha value is -1.53. The number of nitriles is 1. The molecule has 0 aliphatic rings. The van der Waals surface area contributed by atoms with Crippen molar-refractivity contribution in [3.63, 3.8) is 0 Å². The van der Waals surface area contributed by atoms with Crippen molar-refractivity contribution in [3.05, 3.63) is 29.8 Å². The Bertz CT molecular complexity index is 382. The quantitative estimate of drug-likeness (QED) is 0.756. The fourth-order valence-electron chi connectivity index (χ4n) is 1.80. The van der Waals surface area contributed by atoms with Crippen LogP contribution in [0.15, 0.2) is 24.3 Å². The van der Waals surface area contributed by atoms with Crippen LogP contribution >= 0.6 is 0 Å². The highest BCUT2D eigenvalue weighted by Gasteiger charge is 2.11. The largest absolute Gasteiger partial charge is 0.383 e. The van der Waals surface area contributed by atoms with E-state index in [-0.39, 0.29) is 0 Å². The minimum Gasteiger partial charge on any atom is -0.383 e. The summed E-state index contributed by atoms with van der Waals surface area (Å²) in [4.78, 5) is 2.22. The molecule has 0 saturated carbocycles. The molecule has 3 heteroatoms. The molecule has 17 heavy (non-hydrogen) atoms. The fraction of sp³-hybridized carbons (Fsp3) is 0.500. The van der Waals surface area contributed by atoms with Crippen molar-refractivity contribution in [3.8, 4) is 6.07 Å². The highest BCUT2D eigenvalue weighted by Crippen LogP contribution is 2.20. The van der Waals surface area contributed by atoms with Gasteiger partial charge in [-0.1, -0.05) is 26.0 Å². The number of para-hydroxylation sites is 1. The molecule has 0 radical (unpaired) electrons. The molecule has 0 atom stereocenters. The number of anilines is 1. The molecular formula is C14H20N2O. The second-order valence-electron chi connectivity index (χ2n) is 4.46. The van der Waals surface area contributed by atoms with E-state index in [2.05, 4.69) is 24.8 Å². The molecule has 0 saturated heterocycles. The smallest absolute Gasteiger partial charge is 0.101 e. The highest BCUT2D eigenvalue weighted by molar-refractivity contribution is 5.59. The van der Waals surface area contributed by atoms with E-state index in [4.69, 9.17) is 10.00 Å². The van der Waals surface area contributed by atoms with E-state index in [1.54, 1.807) is 7.11 Å². The second-order valence-corrected chi connectivity index (χ2v) is 4.46. The Morgan fingerprint density at radius 2 is 2.06 bits per heavy atom. The average Bonchev–Trinajstić information content (AvgIpc) is 2.34. The lowest BCUT2D eigenvalue weighted by Crippen LogP contribution is -2.31. The Kier molecular flexibility index (Phi) is 5.51. The first-order valence-electron chi connectivity index (χ1n) is 5.92. The molecular weight excluding hydrogens is 212 g/mol. The van der Waals surface area contributed by atoms with Crippen molar-refractivity contribution < 1.29 is 4.74 Å². The molecule has 0 amide bonds. The third-order valence-corrected chi connectivity index (χ3v) is 2.52. The van der Waals surface area contributed by atoms with Gasteiger partial charge in [0.05, 0.1) is 17.9 Å². The third-order valence-electron chi connectivity index (χ3n) is 2.52. The zero-order valence-electron chi connectivity index (χ0n) is 10.8. The van der Waals surface area contributed by atoms with Gasteiger partial charge in [-0.2, -0.15) is 5.26 Å². The summed E-state index contributed by atoms with van der Waals surface area (Å²) >= 11 is 0. The van der Waals surface area contributed by atoms with Crippen molar-refractivity contribution in [1.82, 2.24) is 0 Å². The van der Waals surface area contributed by atoms with Gasteiger partial charge in [-0.3, -0.25) is 0 Å². The average molecular weight is 232 g/mol. The molecule has 1 rings (SSSR count). The maximum atomic E-state index is 9.12. The number of benzene rings is 1. The van der Waals surface area contributed by atoms with Crippen molar-refractivity contribution in [1.29, 1.82) is 5.26 Å². The van der Waals surface area contributed by atoms with E-state index in [1.807, 2.05) is 24.3 Å². The van der Waals surface area contributed by atoms with Crippen LogP contribution in [0, 0.1) is 17.2 Å². The van der Waals surface area contributed by atoms with Gasteiger partial charge in [0.15, 0.2) is 0 Å². The molecule has 92 valence electrons. The van der Waals surface area contributed by atoms with Crippen molar-refractivity contribution in [2.24, 2.45) is 5.92 Å². The Labute approximate surface area is 104 Å². The van der Waals surface area contributed by atoms with Gasteiger partial charge in [0.1, 0.15) is 6.07 Å². The van der Waals surface area contributed by atoms with Gasteiger partial charge in [-0.15, -0.1) is 0 Å². The van der Waals surface area contributed by atoms with E-state index < -0.39 is 0 Å². The predicted octanol–water partition coefficient (Wildman–Crippen LogP) is 2.67. The van der Waals surface area contributed by atoms with Crippen LogP contribution in [-0.4, -0.2) is 26.8 Å². The maximum absolute atomic E-state index is 9.12. The summed E-state index contributed by atoms with van der Waals surface area (Å²) in [5.41, 5.74) is 1.73. The summed E-state index contributed by atoms with van der Waals surface area (Å²) in [5, 5.41) is 9.12. The van der Waals surface area contributed by atoms with Crippen LogP contribution in [0.2, 0.25) is 0 Å². The van der Waals surface area contributed by atoms with E-state index in [0.29, 0.717) is 12.5 Å². The minimum atomic E-state index is 0.554. The number of nitrogens with zero attached hydrogens (tertiary/aromatic N) is 2. The van der Waals surface area contributed by atoms with Crippen molar-refractivity contribution in [2.45, 2.75) is 13.8 Å². The van der Waals surface area contributed by atoms with Crippen LogP contribution < -0.4 is 4.90 Å². The van der Waals surface area contributed by atoms with E-state index in [9.17, 15) is 0 Å². The molecule has 3 nitrogen and oxygen atoms in total. The van der Waals surface area contributed by atoms with Gasteiger partial charge < -0.3 is 9.64 Å². The first-order chi connectivity index (χ1) is 8.19. The molecule has 0 heterocycles. The summed E-state index contributed by atoms with van der Waals surface area (Å²) in [7, 11) is 1.70. The van der Waals surface area contributed by atoms with Gasteiger partial charge in [0.25, 0.3) is 0 Å². The SMILES string of the molecule is COCCN(CC(C)C)c1ccccc1C#N. The van der Waals surface area contributed by atoms with Crippen LogP contribution in [0.4, 0.5) is 5.69 Å². The lowest BCUT2D eigenvalue weighted by molar-refractivity contribution is 0.204. The molecule has 0 bridgehead atoms. The van der Waals surface area contributed by atoms with E-state index >= 15 is 0 Å². The Morgan fingerprint density at radius 3 is 2.65 bits per heavy atom. The van der Waals surface area contributed by atoms with Gasteiger partial charge in [-0.05, 0) is 18.1 Å². The molecule has 1 aromatic rings. The Balaban J connectivity index is 2.91. The zero-order chi connectivity index (χ0) is 12.7. The molecule has 0 aliphatic heterocycles. The Morgan fingerprint density at radius 1 is 1.35 bits per heavy atom. The standard InChI is InChI=1S/C14H20N2O/c1-12(2)11-16(8-9-17-3)14-7-5-4-6-13(14)10-15/h4-7,12H,8-9,11H2,1-3H3. The maximum Gasteiger partial charge on any atom is 0.101 e. The molecule has 0 fully saturated rings. The molecule has 0 aromatic heterocycles. The first-order valence-corrected chi connectivity index (χ1v) is 5.92. The monoisotopic (exact) mass is 232 g/mol. The lowest BCUT2D eigenvalue weighted by Gasteiger charge is -2.27. The van der Waals surface area contributed by atoms with E-state index in [0.717, 1.165) is 24.3 Å². The lowest BCUT2D eigenvalue weighted by atomic mass is 10.1. The van der Waals surface area contributed by atoms with Crippen molar-refractivity contribution in [2.75, 3.05) is 31.7 Å². The van der Waals surface area contributed by atoms with Gasteiger partial charge in [-0.25, -0.2) is 0 Å². The summed E-state index contributed by atoms with van der Waals surface area (Å²) in [6.07, 6.45) is 0.